The van der Waals surface area contributed by atoms with Crippen molar-refractivity contribution < 1.29 is 4.39 Å². The van der Waals surface area contributed by atoms with Crippen molar-refractivity contribution in [1.82, 2.24) is 0 Å². The molecule has 1 aromatic carbocycles. The van der Waals surface area contributed by atoms with Crippen molar-refractivity contribution in [3.05, 3.63) is 29.0 Å². The highest BCUT2D eigenvalue weighted by molar-refractivity contribution is 6.33. The lowest BCUT2D eigenvalue weighted by atomic mass is 9.89. The molecule has 0 fully saturated rings. The molecule has 2 nitrogen and oxygen atoms in total. The normalized spacial score (nSPS) is 11.1. The van der Waals surface area contributed by atoms with E-state index in [1.807, 2.05) is 13.8 Å². The summed E-state index contributed by atoms with van der Waals surface area (Å²) in [5, 5.41) is 12.4. The van der Waals surface area contributed by atoms with Gasteiger partial charge in [-0.15, -0.1) is 0 Å². The second-order valence-electron chi connectivity index (χ2n) is 5.00. The van der Waals surface area contributed by atoms with Crippen molar-refractivity contribution in [3.8, 4) is 6.07 Å². The van der Waals surface area contributed by atoms with Crippen LogP contribution in [0.3, 0.4) is 0 Å². The topological polar surface area (TPSA) is 35.8 Å². The van der Waals surface area contributed by atoms with Crippen LogP contribution in [0.15, 0.2) is 18.2 Å². The Morgan fingerprint density at radius 2 is 2.11 bits per heavy atom. The lowest BCUT2D eigenvalue weighted by molar-refractivity contribution is 0.430. The molecule has 98 valence electrons. The van der Waals surface area contributed by atoms with Crippen LogP contribution in [0, 0.1) is 22.6 Å². The van der Waals surface area contributed by atoms with Gasteiger partial charge < -0.3 is 5.32 Å². The molecule has 0 bridgehead atoms. The van der Waals surface area contributed by atoms with Crippen LogP contribution < -0.4 is 5.32 Å². The van der Waals surface area contributed by atoms with E-state index in [0.29, 0.717) is 5.02 Å². The molecule has 0 aliphatic rings. The SMILES string of the molecule is CC(C)(C#N)CCCCNc1ccc(F)cc1Cl. The third-order valence-corrected chi connectivity index (χ3v) is 3.09. The summed E-state index contributed by atoms with van der Waals surface area (Å²) in [5.74, 6) is -0.332. The van der Waals surface area contributed by atoms with Gasteiger partial charge in [0.25, 0.3) is 0 Å². The fourth-order valence-corrected chi connectivity index (χ4v) is 1.84. The Labute approximate surface area is 113 Å². The van der Waals surface area contributed by atoms with Gasteiger partial charge in [0.2, 0.25) is 0 Å². The van der Waals surface area contributed by atoms with Crippen molar-refractivity contribution in [2.45, 2.75) is 33.1 Å². The maximum absolute atomic E-state index is 12.8. The minimum atomic E-state index is -0.332. The molecular weight excluding hydrogens is 251 g/mol. The van der Waals surface area contributed by atoms with Gasteiger partial charge in [0, 0.05) is 6.54 Å². The number of hydrogen-bond acceptors (Lipinski definition) is 2. The molecule has 1 aromatic rings. The minimum Gasteiger partial charge on any atom is -0.384 e. The highest BCUT2D eigenvalue weighted by Gasteiger charge is 2.15. The summed E-state index contributed by atoms with van der Waals surface area (Å²) in [6.45, 7) is 4.65. The molecule has 0 saturated heterocycles. The predicted octanol–water partition coefficient (Wildman–Crippen LogP) is 4.61. The van der Waals surface area contributed by atoms with Gasteiger partial charge in [-0.2, -0.15) is 5.26 Å². The molecule has 0 aromatic heterocycles. The van der Waals surface area contributed by atoms with Crippen LogP contribution in [-0.4, -0.2) is 6.54 Å². The van der Waals surface area contributed by atoms with Crippen LogP contribution in [-0.2, 0) is 0 Å². The molecule has 1 rings (SSSR count). The first-order chi connectivity index (χ1) is 8.44. The van der Waals surface area contributed by atoms with Crippen LogP contribution in [0.2, 0.25) is 5.02 Å². The van der Waals surface area contributed by atoms with Crippen LogP contribution in [0.4, 0.5) is 10.1 Å². The number of halogens is 2. The number of nitrogens with zero attached hydrogens (tertiary/aromatic N) is 1. The Hall–Kier alpha value is -1.27. The fraction of sp³-hybridized carbons (Fsp3) is 0.500. The quantitative estimate of drug-likeness (QED) is 0.765. The number of nitrogens with one attached hydrogen (secondary N) is 1. The third kappa shape index (κ3) is 4.93. The summed E-state index contributed by atoms with van der Waals surface area (Å²) in [5.41, 5.74) is 0.491. The highest BCUT2D eigenvalue weighted by atomic mass is 35.5. The lowest BCUT2D eigenvalue weighted by Crippen LogP contribution is -2.09. The van der Waals surface area contributed by atoms with Crippen molar-refractivity contribution >= 4 is 17.3 Å². The molecule has 1 N–H and O–H groups in total. The molecule has 0 heterocycles. The first-order valence-corrected chi connectivity index (χ1v) is 6.42. The molecule has 0 saturated carbocycles. The molecule has 0 aliphatic carbocycles. The van der Waals surface area contributed by atoms with Gasteiger partial charge in [-0.1, -0.05) is 18.0 Å². The van der Waals surface area contributed by atoms with E-state index in [4.69, 9.17) is 16.9 Å². The zero-order valence-electron chi connectivity index (χ0n) is 10.8. The molecule has 0 unspecified atom stereocenters. The van der Waals surface area contributed by atoms with E-state index in [1.165, 1.54) is 12.1 Å². The van der Waals surface area contributed by atoms with Gasteiger partial charge in [0.15, 0.2) is 0 Å². The Kier molecular flexibility index (Phi) is 5.43. The largest absolute Gasteiger partial charge is 0.384 e. The molecular formula is C14H18ClFN2. The Bertz CT molecular complexity index is 438. The maximum atomic E-state index is 12.8. The maximum Gasteiger partial charge on any atom is 0.124 e. The van der Waals surface area contributed by atoms with Crippen molar-refractivity contribution in [2.75, 3.05) is 11.9 Å². The number of unbranched alkanes of at least 4 members (excludes halogenated alkanes) is 1. The summed E-state index contributed by atoms with van der Waals surface area (Å²) in [6.07, 6.45) is 2.81. The number of hydrogen-bond donors (Lipinski definition) is 1. The van der Waals surface area contributed by atoms with Gasteiger partial charge >= 0.3 is 0 Å². The van der Waals surface area contributed by atoms with E-state index in [1.54, 1.807) is 6.07 Å². The average molecular weight is 269 g/mol. The van der Waals surface area contributed by atoms with E-state index in [-0.39, 0.29) is 11.2 Å². The minimum absolute atomic E-state index is 0.256. The zero-order valence-corrected chi connectivity index (χ0v) is 11.5. The molecule has 0 radical (unpaired) electrons. The smallest absolute Gasteiger partial charge is 0.124 e. The predicted molar refractivity (Wildman–Crippen MR) is 73.1 cm³/mol. The van der Waals surface area contributed by atoms with Gasteiger partial charge in [-0.3, -0.25) is 0 Å². The number of benzene rings is 1. The summed E-state index contributed by atoms with van der Waals surface area (Å²) in [6, 6.07) is 6.59. The van der Waals surface area contributed by atoms with Crippen LogP contribution in [0.25, 0.3) is 0 Å². The fourth-order valence-electron chi connectivity index (χ4n) is 1.60. The van der Waals surface area contributed by atoms with Crippen LogP contribution in [0.5, 0.6) is 0 Å². The summed E-state index contributed by atoms with van der Waals surface area (Å²) < 4.78 is 12.8. The van der Waals surface area contributed by atoms with E-state index in [2.05, 4.69) is 11.4 Å². The Balaban J connectivity index is 2.29. The van der Waals surface area contributed by atoms with Crippen molar-refractivity contribution in [1.29, 1.82) is 5.26 Å². The molecule has 0 aliphatic heterocycles. The average Bonchev–Trinajstić information content (AvgIpc) is 2.31. The van der Waals surface area contributed by atoms with Gasteiger partial charge in [0.1, 0.15) is 5.82 Å². The molecule has 0 amide bonds. The van der Waals surface area contributed by atoms with Crippen LogP contribution >= 0.6 is 11.6 Å². The highest BCUT2D eigenvalue weighted by Crippen LogP contribution is 2.24. The summed E-state index contributed by atoms with van der Waals surface area (Å²) in [7, 11) is 0. The second-order valence-corrected chi connectivity index (χ2v) is 5.41. The molecule has 18 heavy (non-hydrogen) atoms. The Morgan fingerprint density at radius 1 is 1.39 bits per heavy atom. The number of nitriles is 1. The first kappa shape index (κ1) is 14.8. The van der Waals surface area contributed by atoms with E-state index in [9.17, 15) is 4.39 Å². The monoisotopic (exact) mass is 268 g/mol. The van der Waals surface area contributed by atoms with Crippen molar-refractivity contribution in [2.24, 2.45) is 5.41 Å². The van der Waals surface area contributed by atoms with Crippen LogP contribution in [0.1, 0.15) is 33.1 Å². The molecule has 4 heteroatoms. The van der Waals surface area contributed by atoms with E-state index in [0.717, 1.165) is 31.5 Å². The van der Waals surface area contributed by atoms with Gasteiger partial charge in [-0.25, -0.2) is 4.39 Å². The Morgan fingerprint density at radius 3 is 2.72 bits per heavy atom. The second kappa shape index (κ2) is 6.61. The molecule has 0 spiro atoms. The third-order valence-electron chi connectivity index (χ3n) is 2.78. The van der Waals surface area contributed by atoms with Crippen molar-refractivity contribution in [3.63, 3.8) is 0 Å². The van der Waals surface area contributed by atoms with Gasteiger partial charge in [-0.05, 0) is 44.9 Å². The summed E-state index contributed by atoms with van der Waals surface area (Å²) >= 11 is 5.89. The summed E-state index contributed by atoms with van der Waals surface area (Å²) in [4.78, 5) is 0. The number of anilines is 1. The van der Waals surface area contributed by atoms with E-state index >= 15 is 0 Å². The zero-order chi connectivity index (χ0) is 13.6. The number of rotatable bonds is 6. The lowest BCUT2D eigenvalue weighted by Gasteiger charge is -2.14. The first-order valence-electron chi connectivity index (χ1n) is 6.05. The van der Waals surface area contributed by atoms with Gasteiger partial charge in [0.05, 0.1) is 22.2 Å². The molecule has 0 atom stereocenters. The standard InChI is InChI=1S/C14H18ClFN2/c1-14(2,10-17)7-3-4-8-18-13-6-5-11(16)9-12(13)15/h5-6,9,18H,3-4,7-8H2,1-2H3. The van der Waals surface area contributed by atoms with E-state index < -0.39 is 0 Å².